The van der Waals surface area contributed by atoms with Crippen LogP contribution < -0.4 is 16.0 Å². The first-order chi connectivity index (χ1) is 10.1. The lowest BCUT2D eigenvalue weighted by Crippen LogP contribution is -2.31. The van der Waals surface area contributed by atoms with Crippen molar-refractivity contribution in [1.82, 2.24) is 5.43 Å². The minimum absolute atomic E-state index is 0.201. The zero-order valence-electron chi connectivity index (χ0n) is 11.4. The van der Waals surface area contributed by atoms with Crippen LogP contribution >= 0.6 is 15.9 Å². The normalized spacial score (nSPS) is 12.2. The molecule has 0 radical (unpaired) electrons. The van der Waals surface area contributed by atoms with Crippen LogP contribution in [0.5, 0.6) is 5.75 Å². The molecule has 3 nitrogen and oxygen atoms in total. The van der Waals surface area contributed by atoms with Crippen LogP contribution in [0.15, 0.2) is 40.9 Å². The second-order valence-corrected chi connectivity index (χ2v) is 5.43. The lowest BCUT2D eigenvalue weighted by molar-refractivity contribution is 0.389. The van der Waals surface area contributed by atoms with Crippen LogP contribution in [0.25, 0.3) is 0 Å². The summed E-state index contributed by atoms with van der Waals surface area (Å²) < 4.78 is 33.8. The van der Waals surface area contributed by atoms with Gasteiger partial charge in [-0.05, 0) is 36.2 Å². The van der Waals surface area contributed by atoms with Crippen molar-refractivity contribution < 1.29 is 13.5 Å². The van der Waals surface area contributed by atoms with Gasteiger partial charge in [-0.25, -0.2) is 8.78 Å². The van der Waals surface area contributed by atoms with Crippen LogP contribution in [-0.2, 0) is 6.42 Å². The van der Waals surface area contributed by atoms with Gasteiger partial charge in [-0.3, -0.25) is 11.3 Å². The van der Waals surface area contributed by atoms with Crippen molar-refractivity contribution in [2.45, 2.75) is 12.5 Å². The number of nitrogens with two attached hydrogens (primary N) is 1. The van der Waals surface area contributed by atoms with E-state index in [1.165, 1.54) is 19.2 Å². The highest BCUT2D eigenvalue weighted by atomic mass is 79.9. The molecule has 2 aromatic rings. The third kappa shape index (κ3) is 3.58. The van der Waals surface area contributed by atoms with E-state index < -0.39 is 11.9 Å². The molecule has 21 heavy (non-hydrogen) atoms. The zero-order chi connectivity index (χ0) is 15.4. The second-order valence-electron chi connectivity index (χ2n) is 4.51. The molecule has 0 fully saturated rings. The first kappa shape index (κ1) is 15.9. The molecule has 0 aliphatic rings. The van der Waals surface area contributed by atoms with E-state index in [1.54, 1.807) is 24.3 Å². The average molecular weight is 357 g/mol. The average Bonchev–Trinajstić information content (AvgIpc) is 2.47. The fourth-order valence-corrected chi connectivity index (χ4v) is 2.52. The highest BCUT2D eigenvalue weighted by Gasteiger charge is 2.21. The Morgan fingerprint density at radius 1 is 1.24 bits per heavy atom. The van der Waals surface area contributed by atoms with Gasteiger partial charge in [0.25, 0.3) is 0 Å². The van der Waals surface area contributed by atoms with E-state index in [0.29, 0.717) is 15.8 Å². The number of hydrazine groups is 1. The maximum atomic E-state index is 14.1. The van der Waals surface area contributed by atoms with E-state index in [4.69, 9.17) is 10.6 Å². The molecule has 1 unspecified atom stereocenters. The number of methoxy groups -OCH3 is 1. The molecule has 0 amide bonds. The fourth-order valence-electron chi connectivity index (χ4n) is 2.18. The lowest BCUT2D eigenvalue weighted by Gasteiger charge is -2.20. The molecular formula is C15H15BrF2N2O. The van der Waals surface area contributed by atoms with Gasteiger partial charge in [-0.1, -0.05) is 28.1 Å². The van der Waals surface area contributed by atoms with Crippen molar-refractivity contribution in [3.63, 3.8) is 0 Å². The van der Waals surface area contributed by atoms with Gasteiger partial charge in [0, 0.05) is 10.0 Å². The summed E-state index contributed by atoms with van der Waals surface area (Å²) in [4.78, 5) is 0. The van der Waals surface area contributed by atoms with E-state index in [9.17, 15) is 8.78 Å². The van der Waals surface area contributed by atoms with Gasteiger partial charge in [0.05, 0.1) is 13.2 Å². The van der Waals surface area contributed by atoms with Gasteiger partial charge in [0.1, 0.15) is 17.4 Å². The summed E-state index contributed by atoms with van der Waals surface area (Å²) in [6, 6.07) is 8.63. The number of ether oxygens (including phenoxy) is 1. The van der Waals surface area contributed by atoms with Gasteiger partial charge < -0.3 is 4.74 Å². The molecule has 0 bridgehead atoms. The molecule has 0 aliphatic carbocycles. The summed E-state index contributed by atoms with van der Waals surface area (Å²) in [6.07, 6.45) is 0.201. The van der Waals surface area contributed by atoms with E-state index in [-0.39, 0.29) is 17.8 Å². The number of halogens is 3. The van der Waals surface area contributed by atoms with Crippen LogP contribution in [-0.4, -0.2) is 7.11 Å². The van der Waals surface area contributed by atoms with E-state index in [1.807, 2.05) is 0 Å². The van der Waals surface area contributed by atoms with Gasteiger partial charge >= 0.3 is 0 Å². The Morgan fingerprint density at radius 2 is 2.00 bits per heavy atom. The minimum atomic E-state index is -0.600. The first-order valence-corrected chi connectivity index (χ1v) is 7.08. The smallest absolute Gasteiger partial charge is 0.131 e. The summed E-state index contributed by atoms with van der Waals surface area (Å²) in [6.45, 7) is 0. The number of nitrogens with one attached hydrogen (secondary N) is 1. The standard InChI is InChI=1S/C15H15BrF2N2O/c1-21-14-4-2-3-11(17)15(14)13(20-19)7-9-5-6-10(16)8-12(9)18/h2-6,8,13,20H,7,19H2,1H3. The van der Waals surface area contributed by atoms with Gasteiger partial charge in [-0.2, -0.15) is 0 Å². The Balaban J connectivity index is 2.36. The number of hydrogen-bond donors (Lipinski definition) is 2. The number of rotatable bonds is 5. The summed E-state index contributed by atoms with van der Waals surface area (Å²) in [7, 11) is 1.45. The molecule has 0 aliphatic heterocycles. The largest absolute Gasteiger partial charge is 0.496 e. The Bertz CT molecular complexity index is 637. The quantitative estimate of drug-likeness (QED) is 0.636. The SMILES string of the molecule is COc1cccc(F)c1C(Cc1ccc(Br)cc1F)NN. The van der Waals surface area contributed by atoms with Gasteiger partial charge in [0.15, 0.2) is 0 Å². The van der Waals surface area contributed by atoms with E-state index in [2.05, 4.69) is 21.4 Å². The Hall–Kier alpha value is -1.50. The second kappa shape index (κ2) is 6.98. The minimum Gasteiger partial charge on any atom is -0.496 e. The van der Waals surface area contributed by atoms with Crippen molar-refractivity contribution in [2.75, 3.05) is 7.11 Å². The molecule has 1 atom stereocenters. The van der Waals surface area contributed by atoms with Crippen LogP contribution in [0, 0.1) is 11.6 Å². The first-order valence-electron chi connectivity index (χ1n) is 6.29. The molecule has 112 valence electrons. The summed E-state index contributed by atoms with van der Waals surface area (Å²) in [5.74, 6) is 5.07. The molecular weight excluding hydrogens is 342 g/mol. The number of benzene rings is 2. The number of hydrogen-bond acceptors (Lipinski definition) is 3. The third-order valence-corrected chi connectivity index (χ3v) is 3.71. The Labute approximate surface area is 130 Å². The summed E-state index contributed by atoms with van der Waals surface area (Å²) >= 11 is 3.20. The monoisotopic (exact) mass is 356 g/mol. The molecule has 2 rings (SSSR count). The predicted octanol–water partition coefficient (Wildman–Crippen LogP) is 3.48. The van der Waals surface area contributed by atoms with Crippen LogP contribution in [0.4, 0.5) is 8.78 Å². The molecule has 0 spiro atoms. The van der Waals surface area contributed by atoms with Gasteiger partial charge in [0.2, 0.25) is 0 Å². The fraction of sp³-hybridized carbons (Fsp3) is 0.200. The highest BCUT2D eigenvalue weighted by molar-refractivity contribution is 9.10. The highest BCUT2D eigenvalue weighted by Crippen LogP contribution is 2.30. The van der Waals surface area contributed by atoms with Crippen molar-refractivity contribution in [1.29, 1.82) is 0 Å². The van der Waals surface area contributed by atoms with Crippen molar-refractivity contribution in [2.24, 2.45) is 5.84 Å². The topological polar surface area (TPSA) is 47.3 Å². The lowest BCUT2D eigenvalue weighted by atomic mass is 9.97. The third-order valence-electron chi connectivity index (χ3n) is 3.22. The molecule has 6 heteroatoms. The molecule has 0 aromatic heterocycles. The molecule has 0 saturated heterocycles. The van der Waals surface area contributed by atoms with Gasteiger partial charge in [-0.15, -0.1) is 0 Å². The summed E-state index contributed by atoms with van der Waals surface area (Å²) in [5, 5.41) is 0. The predicted molar refractivity (Wildman–Crippen MR) is 80.8 cm³/mol. The molecule has 0 heterocycles. The van der Waals surface area contributed by atoms with Crippen LogP contribution in [0.2, 0.25) is 0 Å². The summed E-state index contributed by atoms with van der Waals surface area (Å²) in [5.41, 5.74) is 3.24. The van der Waals surface area contributed by atoms with E-state index in [0.717, 1.165) is 0 Å². The Kier molecular flexibility index (Phi) is 5.27. The van der Waals surface area contributed by atoms with Crippen molar-refractivity contribution in [3.05, 3.63) is 63.6 Å². The maximum Gasteiger partial charge on any atom is 0.131 e. The molecule has 3 N–H and O–H groups in total. The van der Waals surface area contributed by atoms with Crippen molar-refractivity contribution in [3.8, 4) is 5.75 Å². The zero-order valence-corrected chi connectivity index (χ0v) is 13.0. The Morgan fingerprint density at radius 3 is 2.62 bits per heavy atom. The maximum absolute atomic E-state index is 14.1. The van der Waals surface area contributed by atoms with E-state index >= 15 is 0 Å². The van der Waals surface area contributed by atoms with Crippen molar-refractivity contribution >= 4 is 15.9 Å². The molecule has 2 aromatic carbocycles. The van der Waals surface area contributed by atoms with Crippen LogP contribution in [0.3, 0.4) is 0 Å². The molecule has 0 saturated carbocycles. The van der Waals surface area contributed by atoms with Crippen LogP contribution in [0.1, 0.15) is 17.2 Å².